The van der Waals surface area contributed by atoms with Gasteiger partial charge in [0.1, 0.15) is 11.6 Å². The molecule has 3 heterocycles. The molecule has 4 atom stereocenters. The molecule has 2 aliphatic carbocycles. The lowest BCUT2D eigenvalue weighted by Gasteiger charge is -2.18. The van der Waals surface area contributed by atoms with Gasteiger partial charge in [0.2, 0.25) is 11.8 Å². The Morgan fingerprint density at radius 2 is 1.88 bits per heavy atom. The van der Waals surface area contributed by atoms with Gasteiger partial charge in [-0.3, -0.25) is 19.1 Å². The number of nitrogens with one attached hydrogen (secondary N) is 2. The first-order chi connectivity index (χ1) is 16.1. The first-order valence-electron chi connectivity index (χ1n) is 11.6. The van der Waals surface area contributed by atoms with Gasteiger partial charge in [-0.1, -0.05) is 18.2 Å². The Labute approximate surface area is 193 Å². The molecular formula is C24H29N7O2. The molecule has 3 aliphatic rings. The fraction of sp³-hybridized carbons (Fsp3) is 0.458. The van der Waals surface area contributed by atoms with Crippen LogP contribution in [0.5, 0.6) is 0 Å². The molecule has 2 aromatic rings. The van der Waals surface area contributed by atoms with Crippen LogP contribution in [-0.2, 0) is 16.1 Å². The largest absolute Gasteiger partial charge is 0.357 e. The highest BCUT2D eigenvalue weighted by Gasteiger charge is 2.58. The third-order valence-corrected chi connectivity index (χ3v) is 6.84. The van der Waals surface area contributed by atoms with Crippen LogP contribution in [-0.4, -0.2) is 56.8 Å². The third-order valence-electron chi connectivity index (χ3n) is 6.84. The number of aliphatic imine (C=N–C) groups is 1. The Balaban J connectivity index is 1.16. The number of carbonyl (C=O) groups is 2. The molecule has 2 aromatic heterocycles. The average Bonchev–Trinajstić information content (AvgIpc) is 3.59. The zero-order valence-corrected chi connectivity index (χ0v) is 18.9. The van der Waals surface area contributed by atoms with Crippen molar-refractivity contribution >= 4 is 17.8 Å². The van der Waals surface area contributed by atoms with Crippen molar-refractivity contribution in [3.8, 4) is 5.82 Å². The van der Waals surface area contributed by atoms with Gasteiger partial charge < -0.3 is 10.6 Å². The summed E-state index contributed by atoms with van der Waals surface area (Å²) in [6.07, 6.45) is 10.6. The van der Waals surface area contributed by atoms with E-state index >= 15 is 0 Å². The van der Waals surface area contributed by atoms with E-state index in [1.54, 1.807) is 6.20 Å². The Morgan fingerprint density at radius 3 is 2.48 bits per heavy atom. The van der Waals surface area contributed by atoms with Crippen LogP contribution in [0.3, 0.4) is 0 Å². The molecule has 1 saturated carbocycles. The van der Waals surface area contributed by atoms with Gasteiger partial charge in [-0.15, -0.1) is 0 Å². The van der Waals surface area contributed by atoms with E-state index in [1.807, 2.05) is 42.9 Å². The first kappa shape index (κ1) is 21.4. The molecule has 0 spiro atoms. The summed E-state index contributed by atoms with van der Waals surface area (Å²) in [4.78, 5) is 40.4. The molecule has 2 amide bonds. The van der Waals surface area contributed by atoms with Crippen molar-refractivity contribution in [1.82, 2.24) is 30.1 Å². The molecule has 2 fully saturated rings. The Morgan fingerprint density at radius 1 is 1.12 bits per heavy atom. The topological polar surface area (TPSA) is 105 Å². The van der Waals surface area contributed by atoms with Crippen LogP contribution in [0, 0.1) is 30.6 Å². The quantitative estimate of drug-likeness (QED) is 0.288. The van der Waals surface area contributed by atoms with E-state index in [9.17, 15) is 9.59 Å². The number of aromatic nitrogens is 3. The van der Waals surface area contributed by atoms with Crippen LogP contribution >= 0.6 is 0 Å². The second kappa shape index (κ2) is 8.80. The lowest BCUT2D eigenvalue weighted by Crippen LogP contribution is -2.43. The van der Waals surface area contributed by atoms with Crippen LogP contribution < -0.4 is 10.6 Å². The maximum atomic E-state index is 12.8. The van der Waals surface area contributed by atoms with Crippen molar-refractivity contribution in [3.05, 3.63) is 54.3 Å². The smallest absolute Gasteiger partial charge is 0.233 e. The van der Waals surface area contributed by atoms with E-state index in [0.717, 1.165) is 23.6 Å². The van der Waals surface area contributed by atoms with Crippen molar-refractivity contribution in [2.75, 3.05) is 19.6 Å². The Hall–Kier alpha value is -3.49. The number of guanidine groups is 1. The van der Waals surface area contributed by atoms with Gasteiger partial charge in [0.05, 0.1) is 18.4 Å². The van der Waals surface area contributed by atoms with Crippen molar-refractivity contribution < 1.29 is 9.59 Å². The van der Waals surface area contributed by atoms with Crippen LogP contribution in [0.15, 0.2) is 47.9 Å². The normalized spacial score (nSPS) is 25.8. The number of amides is 2. The zero-order valence-electron chi connectivity index (χ0n) is 18.9. The molecule has 9 heteroatoms. The minimum atomic E-state index is -0.143. The minimum Gasteiger partial charge on any atom is -0.357 e. The molecule has 5 rings (SSSR count). The van der Waals surface area contributed by atoms with Crippen LogP contribution in [0.1, 0.15) is 24.7 Å². The first-order valence-corrected chi connectivity index (χ1v) is 11.6. The fourth-order valence-corrected chi connectivity index (χ4v) is 5.26. The summed E-state index contributed by atoms with van der Waals surface area (Å²) in [5.74, 6) is 2.53. The molecule has 1 aliphatic heterocycles. The number of rotatable bonds is 7. The maximum Gasteiger partial charge on any atom is 0.233 e. The van der Waals surface area contributed by atoms with Gasteiger partial charge in [0.25, 0.3) is 0 Å². The fourth-order valence-electron chi connectivity index (χ4n) is 5.26. The summed E-state index contributed by atoms with van der Waals surface area (Å²) in [5, 5.41) is 6.46. The molecule has 9 nitrogen and oxygen atoms in total. The molecule has 172 valence electrons. The highest BCUT2D eigenvalue weighted by atomic mass is 16.2. The van der Waals surface area contributed by atoms with E-state index in [1.165, 1.54) is 4.90 Å². The van der Waals surface area contributed by atoms with Crippen molar-refractivity contribution in [2.45, 2.75) is 26.8 Å². The number of aryl methyl sites for hydroxylation is 1. The van der Waals surface area contributed by atoms with Crippen LogP contribution in [0.2, 0.25) is 0 Å². The number of carbonyl (C=O) groups excluding carboxylic acids is 2. The number of hydrogen-bond donors (Lipinski definition) is 2. The monoisotopic (exact) mass is 447 g/mol. The van der Waals surface area contributed by atoms with Crippen LogP contribution in [0.4, 0.5) is 0 Å². The minimum absolute atomic E-state index is 0.00937. The summed E-state index contributed by atoms with van der Waals surface area (Å²) in [5.41, 5.74) is 0.981. The summed E-state index contributed by atoms with van der Waals surface area (Å²) in [6, 6.07) is 3.95. The zero-order chi connectivity index (χ0) is 22.9. The highest BCUT2D eigenvalue weighted by Crippen LogP contribution is 2.52. The van der Waals surface area contributed by atoms with E-state index in [2.05, 4.69) is 37.7 Å². The van der Waals surface area contributed by atoms with E-state index in [4.69, 9.17) is 0 Å². The third kappa shape index (κ3) is 3.92. The number of likely N-dealkylation sites (tertiary alicyclic amines) is 1. The number of imide groups is 1. The molecule has 2 bridgehead atoms. The van der Waals surface area contributed by atoms with Crippen molar-refractivity contribution in [2.24, 2.45) is 28.7 Å². The number of pyridine rings is 1. The summed E-state index contributed by atoms with van der Waals surface area (Å²) < 4.78 is 1.93. The average molecular weight is 448 g/mol. The second-order valence-electron chi connectivity index (χ2n) is 8.82. The van der Waals surface area contributed by atoms with Gasteiger partial charge in [-0.25, -0.2) is 15.0 Å². The Kier molecular flexibility index (Phi) is 5.70. The molecule has 0 aromatic carbocycles. The van der Waals surface area contributed by atoms with Gasteiger partial charge in [0.15, 0.2) is 5.96 Å². The van der Waals surface area contributed by atoms with Crippen LogP contribution in [0.25, 0.3) is 5.82 Å². The SMILES string of the molecule is CCNC(=NCc1ccc(-n2ccnc2C)nc1)NCCN1C(=O)C2C3C=CC(C3)C2C1=O. The molecule has 0 radical (unpaired) electrons. The van der Waals surface area contributed by atoms with E-state index < -0.39 is 0 Å². The summed E-state index contributed by atoms with van der Waals surface area (Å²) in [7, 11) is 0. The highest BCUT2D eigenvalue weighted by molar-refractivity contribution is 6.06. The Bertz CT molecular complexity index is 1070. The summed E-state index contributed by atoms with van der Waals surface area (Å²) in [6.45, 7) is 5.93. The predicted molar refractivity (Wildman–Crippen MR) is 123 cm³/mol. The predicted octanol–water partition coefficient (Wildman–Crippen LogP) is 1.44. The lowest BCUT2D eigenvalue weighted by atomic mass is 9.85. The lowest BCUT2D eigenvalue weighted by molar-refractivity contribution is -0.140. The molecule has 2 N–H and O–H groups in total. The number of hydrogen-bond acceptors (Lipinski definition) is 5. The van der Waals surface area contributed by atoms with Gasteiger partial charge in [-0.2, -0.15) is 0 Å². The summed E-state index contributed by atoms with van der Waals surface area (Å²) >= 11 is 0. The number of allylic oxidation sites excluding steroid dienone is 2. The van der Waals surface area contributed by atoms with E-state index in [-0.39, 0.29) is 35.5 Å². The van der Waals surface area contributed by atoms with Gasteiger partial charge in [-0.05, 0) is 43.7 Å². The van der Waals surface area contributed by atoms with Crippen molar-refractivity contribution in [1.29, 1.82) is 0 Å². The molecule has 33 heavy (non-hydrogen) atoms. The van der Waals surface area contributed by atoms with E-state index in [0.29, 0.717) is 32.1 Å². The standard InChI is InChI=1S/C24H29N7O2/c1-3-25-24(29-14-16-4-7-19(28-13-16)30-10-8-26-15(30)2)27-9-11-31-22(32)20-17-5-6-18(12-17)21(20)23(31)33/h4-8,10,13,17-18,20-21H,3,9,11-12,14H2,1-2H3,(H2,25,27,29). The van der Waals surface area contributed by atoms with Gasteiger partial charge >= 0.3 is 0 Å². The van der Waals surface area contributed by atoms with Crippen molar-refractivity contribution in [3.63, 3.8) is 0 Å². The maximum absolute atomic E-state index is 12.8. The molecular weight excluding hydrogens is 418 g/mol. The second-order valence-corrected chi connectivity index (χ2v) is 8.82. The molecule has 1 saturated heterocycles. The number of imidazole rings is 1. The number of nitrogens with zero attached hydrogens (tertiary/aromatic N) is 5. The van der Waals surface area contributed by atoms with Gasteiger partial charge in [0, 0.05) is 38.2 Å². The number of fused-ring (bicyclic) bond motifs is 5. The molecule has 4 unspecified atom stereocenters.